The van der Waals surface area contributed by atoms with E-state index in [4.69, 9.17) is 4.98 Å². The third-order valence-electron chi connectivity index (χ3n) is 5.11. The lowest BCUT2D eigenvalue weighted by molar-refractivity contribution is 0.0704. The number of rotatable bonds is 4. The van der Waals surface area contributed by atoms with E-state index in [0.717, 1.165) is 48.1 Å². The average molecular weight is 388 g/mol. The molecule has 29 heavy (non-hydrogen) atoms. The van der Waals surface area contributed by atoms with Gasteiger partial charge in [-0.2, -0.15) is 0 Å². The number of nitrogens with one attached hydrogen (secondary N) is 1. The van der Waals surface area contributed by atoms with Gasteiger partial charge in [0, 0.05) is 49.4 Å². The third-order valence-corrected chi connectivity index (χ3v) is 5.11. The number of aryl methyl sites for hydroxylation is 2. The molecule has 7 nitrogen and oxygen atoms in total. The lowest BCUT2D eigenvalue weighted by atomic mass is 9.96. The van der Waals surface area contributed by atoms with Crippen LogP contribution in [-0.2, 0) is 0 Å². The zero-order valence-electron chi connectivity index (χ0n) is 16.7. The molecule has 0 aliphatic carbocycles. The Kier molecular flexibility index (Phi) is 5.46. The van der Waals surface area contributed by atoms with E-state index in [9.17, 15) is 4.79 Å². The molecule has 0 unspecified atom stereocenters. The summed E-state index contributed by atoms with van der Waals surface area (Å²) in [7, 11) is 0. The number of likely N-dealkylation sites (tertiary alicyclic amines) is 1. The molecule has 0 radical (unpaired) electrons. The van der Waals surface area contributed by atoms with Crippen LogP contribution in [0.4, 0.5) is 11.6 Å². The third kappa shape index (κ3) is 4.39. The van der Waals surface area contributed by atoms with Gasteiger partial charge in [0.05, 0.1) is 5.56 Å². The van der Waals surface area contributed by atoms with E-state index in [1.165, 1.54) is 0 Å². The van der Waals surface area contributed by atoms with Crippen molar-refractivity contribution in [2.75, 3.05) is 18.4 Å². The topological polar surface area (TPSA) is 83.9 Å². The molecule has 1 aliphatic rings. The van der Waals surface area contributed by atoms with Crippen LogP contribution < -0.4 is 5.32 Å². The van der Waals surface area contributed by atoms with Crippen molar-refractivity contribution in [2.45, 2.75) is 32.6 Å². The second kappa shape index (κ2) is 8.34. The average Bonchev–Trinajstić information content (AvgIpc) is 2.75. The Balaban J connectivity index is 1.54. The molecular formula is C22H24N6O. The zero-order valence-corrected chi connectivity index (χ0v) is 16.7. The quantitative estimate of drug-likeness (QED) is 0.734. The number of carbonyl (C=O) groups excluding carboxylic acids is 1. The van der Waals surface area contributed by atoms with Crippen molar-refractivity contribution in [3.8, 4) is 0 Å². The van der Waals surface area contributed by atoms with Crippen molar-refractivity contribution in [1.29, 1.82) is 0 Å². The molecule has 148 valence electrons. The summed E-state index contributed by atoms with van der Waals surface area (Å²) in [5, 5.41) is 3.30. The molecule has 0 aromatic carbocycles. The molecule has 4 heterocycles. The van der Waals surface area contributed by atoms with Crippen molar-refractivity contribution in [2.24, 2.45) is 0 Å². The summed E-state index contributed by atoms with van der Waals surface area (Å²) in [6, 6.07) is 9.43. The number of amides is 1. The molecule has 0 saturated carbocycles. The number of anilines is 2. The van der Waals surface area contributed by atoms with Crippen LogP contribution in [0.1, 0.15) is 46.2 Å². The van der Waals surface area contributed by atoms with Crippen molar-refractivity contribution in [3.63, 3.8) is 0 Å². The number of piperidine rings is 1. The maximum Gasteiger partial charge on any atom is 0.255 e. The number of hydrogen-bond acceptors (Lipinski definition) is 6. The van der Waals surface area contributed by atoms with Gasteiger partial charge in [0.1, 0.15) is 17.5 Å². The van der Waals surface area contributed by atoms with Crippen molar-refractivity contribution in [1.82, 2.24) is 24.8 Å². The Labute approximate surface area is 170 Å². The Morgan fingerprint density at radius 3 is 2.83 bits per heavy atom. The summed E-state index contributed by atoms with van der Waals surface area (Å²) < 4.78 is 0. The molecule has 1 N–H and O–H groups in total. The summed E-state index contributed by atoms with van der Waals surface area (Å²) in [5.74, 6) is 2.40. The first-order chi connectivity index (χ1) is 14.1. The molecule has 1 saturated heterocycles. The molecule has 4 rings (SSSR count). The fraction of sp³-hybridized carbons (Fsp3) is 0.318. The van der Waals surface area contributed by atoms with Gasteiger partial charge in [-0.25, -0.2) is 15.0 Å². The SMILES string of the molecule is Cc1cc(Nc2ncccc2C)nc([C@@H]2CCCN(C(=O)c3cccnc3)C2)n1. The van der Waals surface area contributed by atoms with Gasteiger partial charge in [0.15, 0.2) is 0 Å². The van der Waals surface area contributed by atoms with Crippen molar-refractivity contribution >= 4 is 17.5 Å². The summed E-state index contributed by atoms with van der Waals surface area (Å²) in [6.45, 7) is 5.32. The van der Waals surface area contributed by atoms with Gasteiger partial charge in [0.25, 0.3) is 5.91 Å². The lowest BCUT2D eigenvalue weighted by Crippen LogP contribution is -2.39. The van der Waals surface area contributed by atoms with E-state index in [1.807, 2.05) is 36.9 Å². The van der Waals surface area contributed by atoms with Crippen LogP contribution in [0.5, 0.6) is 0 Å². The number of aromatic nitrogens is 4. The molecular weight excluding hydrogens is 364 g/mol. The van der Waals surface area contributed by atoms with Gasteiger partial charge in [-0.05, 0) is 50.5 Å². The first-order valence-electron chi connectivity index (χ1n) is 9.83. The molecule has 1 atom stereocenters. The minimum atomic E-state index is 0.0120. The first kappa shape index (κ1) is 19.0. The van der Waals surface area contributed by atoms with Crippen molar-refractivity contribution < 1.29 is 4.79 Å². The highest BCUT2D eigenvalue weighted by atomic mass is 16.2. The predicted molar refractivity (Wildman–Crippen MR) is 111 cm³/mol. The smallest absolute Gasteiger partial charge is 0.255 e. The molecule has 1 aliphatic heterocycles. The van der Waals surface area contributed by atoms with Crippen LogP contribution in [0.15, 0.2) is 48.9 Å². The van der Waals surface area contributed by atoms with Crippen molar-refractivity contribution in [3.05, 3.63) is 71.6 Å². The minimum Gasteiger partial charge on any atom is -0.338 e. The monoisotopic (exact) mass is 388 g/mol. The maximum atomic E-state index is 12.8. The van der Waals surface area contributed by atoms with E-state index in [2.05, 4.69) is 20.3 Å². The van der Waals surface area contributed by atoms with Crippen LogP contribution in [0.3, 0.4) is 0 Å². The minimum absolute atomic E-state index is 0.0120. The molecule has 1 amide bonds. The van der Waals surface area contributed by atoms with E-state index < -0.39 is 0 Å². The van der Waals surface area contributed by atoms with Gasteiger partial charge in [-0.15, -0.1) is 0 Å². The lowest BCUT2D eigenvalue weighted by Gasteiger charge is -2.32. The molecule has 3 aromatic heterocycles. The molecule has 0 bridgehead atoms. The van der Waals surface area contributed by atoms with Gasteiger partial charge in [-0.3, -0.25) is 9.78 Å². The fourth-order valence-electron chi connectivity index (χ4n) is 3.62. The van der Waals surface area contributed by atoms with Crippen LogP contribution in [0.25, 0.3) is 0 Å². The van der Waals surface area contributed by atoms with Gasteiger partial charge in [0.2, 0.25) is 0 Å². The van der Waals surface area contributed by atoms with Crippen LogP contribution in [0, 0.1) is 13.8 Å². The Morgan fingerprint density at radius 2 is 2.03 bits per heavy atom. The first-order valence-corrected chi connectivity index (χ1v) is 9.83. The number of hydrogen-bond donors (Lipinski definition) is 1. The predicted octanol–water partition coefficient (Wildman–Crippen LogP) is 3.65. The highest BCUT2D eigenvalue weighted by Crippen LogP contribution is 2.27. The zero-order chi connectivity index (χ0) is 20.2. The van der Waals surface area contributed by atoms with E-state index >= 15 is 0 Å². The Bertz CT molecular complexity index is 1010. The second-order valence-electron chi connectivity index (χ2n) is 7.38. The Morgan fingerprint density at radius 1 is 1.17 bits per heavy atom. The molecule has 3 aromatic rings. The molecule has 7 heteroatoms. The van der Waals surface area contributed by atoms with E-state index in [0.29, 0.717) is 12.1 Å². The largest absolute Gasteiger partial charge is 0.338 e. The van der Waals surface area contributed by atoms with Gasteiger partial charge < -0.3 is 10.2 Å². The summed E-state index contributed by atoms with van der Waals surface area (Å²) >= 11 is 0. The summed E-state index contributed by atoms with van der Waals surface area (Å²) in [6.07, 6.45) is 6.94. The van der Waals surface area contributed by atoms with Crippen LogP contribution in [0.2, 0.25) is 0 Å². The highest BCUT2D eigenvalue weighted by molar-refractivity contribution is 5.94. The molecule has 0 spiro atoms. The Hall–Kier alpha value is -3.35. The normalized spacial score (nSPS) is 16.5. The van der Waals surface area contributed by atoms with Crippen LogP contribution in [-0.4, -0.2) is 43.8 Å². The highest BCUT2D eigenvalue weighted by Gasteiger charge is 2.27. The number of pyridine rings is 2. The standard InChI is InChI=1S/C22H24N6O/c1-15-6-3-10-24-20(15)26-19-12-16(2)25-21(27-19)18-8-5-11-28(14-18)22(29)17-7-4-9-23-13-17/h3-4,6-7,9-10,12-13,18H,5,8,11,14H2,1-2H3,(H,24,25,26,27)/t18-/m1/s1. The van der Waals surface area contributed by atoms with Crippen LogP contribution >= 0.6 is 0 Å². The van der Waals surface area contributed by atoms with E-state index in [1.54, 1.807) is 30.7 Å². The van der Waals surface area contributed by atoms with Gasteiger partial charge in [-0.1, -0.05) is 6.07 Å². The fourth-order valence-corrected chi connectivity index (χ4v) is 3.62. The number of carbonyl (C=O) groups is 1. The second-order valence-corrected chi connectivity index (χ2v) is 7.38. The number of nitrogens with zero attached hydrogens (tertiary/aromatic N) is 5. The van der Waals surface area contributed by atoms with E-state index in [-0.39, 0.29) is 11.8 Å². The molecule has 1 fully saturated rings. The maximum absolute atomic E-state index is 12.8. The van der Waals surface area contributed by atoms with Gasteiger partial charge >= 0.3 is 0 Å². The summed E-state index contributed by atoms with van der Waals surface area (Å²) in [4.78, 5) is 32.6. The summed E-state index contributed by atoms with van der Waals surface area (Å²) in [5.41, 5.74) is 2.56.